The summed E-state index contributed by atoms with van der Waals surface area (Å²) in [6.45, 7) is 0.775. The molecule has 0 radical (unpaired) electrons. The Bertz CT molecular complexity index is 716. The normalized spacial score (nSPS) is 23.1. The van der Waals surface area contributed by atoms with Gasteiger partial charge in [-0.1, -0.05) is 42.1 Å². The van der Waals surface area contributed by atoms with Crippen molar-refractivity contribution in [2.24, 2.45) is 5.10 Å². The van der Waals surface area contributed by atoms with Crippen LogP contribution in [0.25, 0.3) is 0 Å². The molecule has 100 valence electrons. The molecule has 0 bridgehead atoms. The molecule has 20 heavy (non-hydrogen) atoms. The number of benzene rings is 2. The van der Waals surface area contributed by atoms with Crippen molar-refractivity contribution in [2.45, 2.75) is 4.87 Å². The van der Waals surface area contributed by atoms with E-state index in [-0.39, 0.29) is 10.6 Å². The number of rotatable bonds is 1. The van der Waals surface area contributed by atoms with E-state index in [1.165, 1.54) is 5.56 Å². The Morgan fingerprint density at radius 3 is 2.80 bits per heavy atom. The molecule has 2 aromatic rings. The zero-order valence-corrected chi connectivity index (χ0v) is 11.4. The highest BCUT2D eigenvalue weighted by Crippen LogP contribution is 2.47. The lowest BCUT2D eigenvalue weighted by Crippen LogP contribution is -2.34. The Morgan fingerprint density at radius 2 is 1.90 bits per heavy atom. The third kappa shape index (κ3) is 1.59. The maximum Gasteiger partial charge on any atom is 0.150 e. The average molecular weight is 283 g/mol. The van der Waals surface area contributed by atoms with Gasteiger partial charge < -0.3 is 10.4 Å². The minimum Gasteiger partial charge on any atom is -0.507 e. The minimum absolute atomic E-state index is 0.261. The number of hydrazone groups is 1. The number of nitrogens with zero attached hydrogens (tertiary/aromatic N) is 1. The van der Waals surface area contributed by atoms with Crippen molar-refractivity contribution in [2.75, 3.05) is 11.9 Å². The van der Waals surface area contributed by atoms with Gasteiger partial charge in [-0.15, -0.1) is 0 Å². The van der Waals surface area contributed by atoms with E-state index < -0.39 is 0 Å². The number of thioether (sulfide) groups is 1. The van der Waals surface area contributed by atoms with Crippen molar-refractivity contribution in [3.8, 4) is 5.75 Å². The molecule has 0 aromatic heterocycles. The first-order valence-electron chi connectivity index (χ1n) is 6.44. The van der Waals surface area contributed by atoms with Crippen molar-refractivity contribution in [3.63, 3.8) is 0 Å². The lowest BCUT2D eigenvalue weighted by molar-refractivity contribution is 0.474. The Balaban J connectivity index is 1.70. The summed E-state index contributed by atoms with van der Waals surface area (Å²) in [4.78, 5) is -0.270. The van der Waals surface area contributed by atoms with Crippen LogP contribution in [0.1, 0.15) is 11.1 Å². The second kappa shape index (κ2) is 4.18. The summed E-state index contributed by atoms with van der Waals surface area (Å²) in [6, 6.07) is 15.5. The maximum absolute atomic E-state index is 9.96. The van der Waals surface area contributed by atoms with E-state index in [0.717, 1.165) is 22.8 Å². The Morgan fingerprint density at radius 1 is 1.10 bits per heavy atom. The summed E-state index contributed by atoms with van der Waals surface area (Å²) in [5.41, 5.74) is 6.36. The van der Waals surface area contributed by atoms with Crippen LogP contribution in [0.4, 0.5) is 5.69 Å². The van der Waals surface area contributed by atoms with Gasteiger partial charge in [0.1, 0.15) is 15.7 Å². The molecule has 1 spiro atoms. The van der Waals surface area contributed by atoms with Gasteiger partial charge in [-0.2, -0.15) is 5.10 Å². The Labute approximate surface area is 120 Å². The van der Waals surface area contributed by atoms with E-state index in [2.05, 4.69) is 28.0 Å². The van der Waals surface area contributed by atoms with Crippen LogP contribution in [-0.4, -0.2) is 16.7 Å². The van der Waals surface area contributed by atoms with Crippen molar-refractivity contribution >= 4 is 22.5 Å². The van der Waals surface area contributed by atoms with Gasteiger partial charge in [-0.05, 0) is 18.2 Å². The van der Waals surface area contributed by atoms with Crippen molar-refractivity contribution < 1.29 is 5.11 Å². The molecule has 0 fully saturated rings. The molecule has 0 amide bonds. The smallest absolute Gasteiger partial charge is 0.150 e. The van der Waals surface area contributed by atoms with Crippen LogP contribution in [0.3, 0.4) is 0 Å². The third-order valence-corrected chi connectivity index (χ3v) is 4.94. The van der Waals surface area contributed by atoms with Crippen molar-refractivity contribution in [1.82, 2.24) is 5.43 Å². The molecule has 3 N–H and O–H groups in total. The van der Waals surface area contributed by atoms with Crippen LogP contribution in [0.5, 0.6) is 5.75 Å². The molecular formula is C15H13N3OS. The molecule has 0 aliphatic carbocycles. The van der Waals surface area contributed by atoms with Crippen LogP contribution >= 0.6 is 11.8 Å². The van der Waals surface area contributed by atoms with Gasteiger partial charge >= 0.3 is 0 Å². The molecule has 0 saturated heterocycles. The molecule has 2 aromatic carbocycles. The largest absolute Gasteiger partial charge is 0.507 e. The minimum atomic E-state index is -0.270. The molecule has 4 nitrogen and oxygen atoms in total. The van der Waals surface area contributed by atoms with Crippen molar-refractivity contribution in [3.05, 3.63) is 59.7 Å². The molecule has 0 saturated carbocycles. The topological polar surface area (TPSA) is 56.7 Å². The average Bonchev–Trinajstić information content (AvgIpc) is 3.06. The standard InChI is InChI=1S/C15H13N3OS/c19-13-8-4-1-5-10(13)14-17-18-15(20-14)9-16-12-7-3-2-6-11(12)15/h1-8,16,18-19H,9H2. The highest BCUT2D eigenvalue weighted by molar-refractivity contribution is 8.15. The number of hydrogen-bond donors (Lipinski definition) is 3. The number of anilines is 1. The first kappa shape index (κ1) is 11.7. The number of aromatic hydroxyl groups is 1. The number of phenolic OH excluding ortho intramolecular Hbond substituents is 1. The molecule has 2 heterocycles. The molecule has 2 aliphatic heterocycles. The first-order chi connectivity index (χ1) is 9.78. The fourth-order valence-corrected chi connectivity index (χ4v) is 3.84. The fourth-order valence-electron chi connectivity index (χ4n) is 2.62. The third-order valence-electron chi connectivity index (χ3n) is 3.63. The van der Waals surface area contributed by atoms with Gasteiger partial charge in [-0.25, -0.2) is 0 Å². The van der Waals surface area contributed by atoms with E-state index in [1.807, 2.05) is 30.3 Å². The second-order valence-electron chi connectivity index (χ2n) is 4.87. The van der Waals surface area contributed by atoms with Crippen LogP contribution in [0.2, 0.25) is 0 Å². The summed E-state index contributed by atoms with van der Waals surface area (Å²) < 4.78 is 0. The predicted octanol–water partition coefficient (Wildman–Crippen LogP) is 2.67. The SMILES string of the molecule is Oc1ccccc1C1=NNC2(CNc3ccccc32)S1. The maximum atomic E-state index is 9.96. The van der Waals surface area contributed by atoms with Crippen LogP contribution in [-0.2, 0) is 4.87 Å². The van der Waals surface area contributed by atoms with Gasteiger partial charge in [0.2, 0.25) is 0 Å². The number of nitrogens with one attached hydrogen (secondary N) is 2. The van der Waals surface area contributed by atoms with Crippen molar-refractivity contribution in [1.29, 1.82) is 0 Å². The van der Waals surface area contributed by atoms with Gasteiger partial charge in [-0.3, -0.25) is 5.43 Å². The number of para-hydroxylation sites is 2. The van der Waals surface area contributed by atoms with E-state index in [1.54, 1.807) is 17.8 Å². The number of phenols is 1. The lowest BCUT2D eigenvalue weighted by atomic mass is 10.1. The van der Waals surface area contributed by atoms with E-state index in [9.17, 15) is 5.11 Å². The zero-order chi connectivity index (χ0) is 13.6. The van der Waals surface area contributed by atoms with Gasteiger partial charge in [0.15, 0.2) is 0 Å². The van der Waals surface area contributed by atoms with Crippen LogP contribution in [0, 0.1) is 0 Å². The summed E-state index contributed by atoms with van der Waals surface area (Å²) in [7, 11) is 0. The Hall–Kier alpha value is -2.14. The molecule has 5 heteroatoms. The predicted molar refractivity (Wildman–Crippen MR) is 82.0 cm³/mol. The summed E-state index contributed by atoms with van der Waals surface area (Å²) >= 11 is 1.65. The van der Waals surface area contributed by atoms with Crippen LogP contribution in [0.15, 0.2) is 53.6 Å². The van der Waals surface area contributed by atoms with E-state index >= 15 is 0 Å². The van der Waals surface area contributed by atoms with E-state index in [0.29, 0.717) is 0 Å². The zero-order valence-electron chi connectivity index (χ0n) is 10.6. The molecule has 4 rings (SSSR count). The van der Waals surface area contributed by atoms with Gasteiger partial charge in [0, 0.05) is 11.3 Å². The molecule has 1 unspecified atom stereocenters. The van der Waals surface area contributed by atoms with E-state index in [4.69, 9.17) is 0 Å². The monoisotopic (exact) mass is 283 g/mol. The molecule has 1 atom stereocenters. The summed E-state index contributed by atoms with van der Waals surface area (Å²) in [5, 5.41) is 18.6. The quantitative estimate of drug-likeness (QED) is 0.753. The summed E-state index contributed by atoms with van der Waals surface area (Å²) in [6.07, 6.45) is 0. The highest BCUT2D eigenvalue weighted by Gasteiger charge is 2.44. The van der Waals surface area contributed by atoms with Gasteiger partial charge in [0.05, 0.1) is 12.1 Å². The first-order valence-corrected chi connectivity index (χ1v) is 7.26. The molecule has 2 aliphatic rings. The fraction of sp³-hybridized carbons (Fsp3) is 0.133. The highest BCUT2D eigenvalue weighted by atomic mass is 32.2. The van der Waals surface area contributed by atoms with Crippen LogP contribution < -0.4 is 10.7 Å². The second-order valence-corrected chi connectivity index (χ2v) is 6.16. The number of hydrogen-bond acceptors (Lipinski definition) is 5. The lowest BCUT2D eigenvalue weighted by Gasteiger charge is -2.21. The summed E-state index contributed by atoms with van der Waals surface area (Å²) in [5.74, 6) is 0.261. The molecular weight excluding hydrogens is 270 g/mol. The van der Waals surface area contributed by atoms with Gasteiger partial charge in [0.25, 0.3) is 0 Å². The Kier molecular flexibility index (Phi) is 2.44. The number of fused-ring (bicyclic) bond motifs is 2.